The largest absolute Gasteiger partial charge is 0.369 e. The van der Waals surface area contributed by atoms with Crippen LogP contribution in [0.2, 0.25) is 0 Å². The molecule has 0 saturated carbocycles. The van der Waals surface area contributed by atoms with Gasteiger partial charge in [-0.25, -0.2) is 4.39 Å². The Hall–Kier alpha value is -0.740. The van der Waals surface area contributed by atoms with Crippen LogP contribution in [0.25, 0.3) is 0 Å². The minimum absolute atomic E-state index is 0.196. The van der Waals surface area contributed by atoms with Crippen LogP contribution in [0.5, 0.6) is 0 Å². The van der Waals surface area contributed by atoms with Crippen molar-refractivity contribution in [3.63, 3.8) is 0 Å². The highest BCUT2D eigenvalue weighted by Gasteiger charge is 2.29. The molecule has 0 unspecified atom stereocenters. The van der Waals surface area contributed by atoms with Gasteiger partial charge in [-0.1, -0.05) is 6.07 Å². The van der Waals surface area contributed by atoms with Gasteiger partial charge in [0, 0.05) is 40.9 Å². The second-order valence-corrected chi connectivity index (χ2v) is 7.29. The summed E-state index contributed by atoms with van der Waals surface area (Å²) < 4.78 is 14.1. The molecular weight excluding hydrogens is 247 g/mol. The first-order valence-electron chi connectivity index (χ1n) is 6.33. The predicted octanol–water partition coefficient (Wildman–Crippen LogP) is 3.18. The Kier molecular flexibility index (Phi) is 3.87. The first-order valence-corrected chi connectivity index (χ1v) is 7.32. The summed E-state index contributed by atoms with van der Waals surface area (Å²) in [4.78, 5) is 2.26. The van der Waals surface area contributed by atoms with Gasteiger partial charge in [-0.3, -0.25) is 0 Å². The Bertz CT molecular complexity index is 432. The lowest BCUT2D eigenvalue weighted by Crippen LogP contribution is -2.43. The summed E-state index contributed by atoms with van der Waals surface area (Å²) in [6.45, 7) is 8.19. The number of nitrogens with two attached hydrogens (primary N) is 1. The van der Waals surface area contributed by atoms with Crippen LogP contribution in [-0.4, -0.2) is 23.6 Å². The smallest absolute Gasteiger partial charge is 0.130 e. The van der Waals surface area contributed by atoms with Gasteiger partial charge in [0.05, 0.1) is 0 Å². The number of rotatable bonds is 2. The molecule has 0 bridgehead atoms. The minimum Gasteiger partial charge on any atom is -0.369 e. The highest BCUT2D eigenvalue weighted by molar-refractivity contribution is 8.00. The highest BCUT2D eigenvalue weighted by Crippen LogP contribution is 2.35. The van der Waals surface area contributed by atoms with Gasteiger partial charge in [-0.15, -0.1) is 0 Å². The van der Waals surface area contributed by atoms with E-state index in [9.17, 15) is 4.39 Å². The monoisotopic (exact) mass is 268 g/mol. The highest BCUT2D eigenvalue weighted by atomic mass is 32.2. The molecule has 1 saturated heterocycles. The molecule has 0 spiro atoms. The molecule has 1 aliphatic heterocycles. The average molecular weight is 268 g/mol. The Balaban J connectivity index is 2.36. The lowest BCUT2D eigenvalue weighted by atomic mass is 10.0. The quantitative estimate of drug-likeness (QED) is 0.893. The van der Waals surface area contributed by atoms with E-state index < -0.39 is 0 Å². The van der Waals surface area contributed by atoms with Crippen molar-refractivity contribution in [3.8, 4) is 0 Å². The van der Waals surface area contributed by atoms with Crippen LogP contribution in [0.4, 0.5) is 10.1 Å². The third-order valence-corrected chi connectivity index (χ3v) is 4.55. The number of hydrogen-bond donors (Lipinski definition) is 1. The molecule has 2 N–H and O–H groups in total. The van der Waals surface area contributed by atoms with Crippen molar-refractivity contribution in [2.45, 2.75) is 31.6 Å². The van der Waals surface area contributed by atoms with Gasteiger partial charge in [0.15, 0.2) is 0 Å². The van der Waals surface area contributed by atoms with Crippen molar-refractivity contribution >= 4 is 17.4 Å². The van der Waals surface area contributed by atoms with E-state index in [2.05, 4.69) is 18.7 Å². The van der Waals surface area contributed by atoms with Crippen LogP contribution in [0, 0.1) is 5.82 Å². The maximum atomic E-state index is 13.9. The first kappa shape index (κ1) is 13.7. The van der Waals surface area contributed by atoms with Crippen molar-refractivity contribution in [3.05, 3.63) is 29.6 Å². The fourth-order valence-electron chi connectivity index (χ4n) is 2.47. The molecule has 2 rings (SSSR count). The molecule has 1 aromatic rings. The Morgan fingerprint density at radius 3 is 2.78 bits per heavy atom. The lowest BCUT2D eigenvalue weighted by Gasteiger charge is -2.40. The fourth-order valence-corrected chi connectivity index (χ4v) is 3.59. The zero-order valence-electron chi connectivity index (χ0n) is 11.2. The maximum Gasteiger partial charge on any atom is 0.130 e. The van der Waals surface area contributed by atoms with E-state index in [1.54, 1.807) is 6.07 Å². The molecule has 1 heterocycles. The van der Waals surface area contributed by atoms with Gasteiger partial charge in [0.25, 0.3) is 0 Å². The van der Waals surface area contributed by atoms with Crippen molar-refractivity contribution in [2.24, 2.45) is 5.73 Å². The summed E-state index contributed by atoms with van der Waals surface area (Å²) in [7, 11) is 0. The van der Waals surface area contributed by atoms with Crippen LogP contribution in [0.15, 0.2) is 18.2 Å². The molecule has 1 fully saturated rings. The number of hydrogen-bond acceptors (Lipinski definition) is 3. The van der Waals surface area contributed by atoms with E-state index in [0.717, 1.165) is 24.5 Å². The lowest BCUT2D eigenvalue weighted by molar-refractivity contribution is 0.586. The third-order valence-electron chi connectivity index (χ3n) is 3.25. The first-order chi connectivity index (χ1) is 8.41. The van der Waals surface area contributed by atoms with Crippen molar-refractivity contribution in [1.29, 1.82) is 0 Å². The summed E-state index contributed by atoms with van der Waals surface area (Å²) in [5.74, 6) is 0.876. The van der Waals surface area contributed by atoms with Gasteiger partial charge in [-0.2, -0.15) is 11.8 Å². The Morgan fingerprint density at radius 2 is 2.17 bits per heavy atom. The molecular formula is C14H21FN2S. The summed E-state index contributed by atoms with van der Waals surface area (Å²) in [6, 6.07) is 4.96. The molecule has 0 amide bonds. The third kappa shape index (κ3) is 2.81. The molecule has 1 aromatic carbocycles. The van der Waals surface area contributed by atoms with E-state index in [1.165, 1.54) is 6.07 Å². The number of anilines is 1. The SMILES string of the molecule is C[C@@H](N)c1c(F)cccc1N1CCSC(C)(C)C1. The standard InChI is InChI=1S/C14H21FN2S/c1-10(16)13-11(15)5-4-6-12(13)17-7-8-18-14(2,3)9-17/h4-6,10H,7-9,16H2,1-3H3/t10-/m1/s1. The predicted molar refractivity (Wildman–Crippen MR) is 77.8 cm³/mol. The summed E-state index contributed by atoms with van der Waals surface area (Å²) in [5.41, 5.74) is 7.51. The molecule has 1 aliphatic rings. The normalized spacial score (nSPS) is 20.8. The summed E-state index contributed by atoms with van der Waals surface area (Å²) >= 11 is 1.97. The van der Waals surface area contributed by atoms with E-state index in [0.29, 0.717) is 5.56 Å². The van der Waals surface area contributed by atoms with Gasteiger partial charge in [-0.05, 0) is 32.9 Å². The van der Waals surface area contributed by atoms with E-state index in [-0.39, 0.29) is 16.6 Å². The zero-order valence-corrected chi connectivity index (χ0v) is 12.1. The van der Waals surface area contributed by atoms with Gasteiger partial charge in [0.1, 0.15) is 5.82 Å². The molecule has 1 atom stereocenters. The van der Waals surface area contributed by atoms with Crippen molar-refractivity contribution in [2.75, 3.05) is 23.7 Å². The van der Waals surface area contributed by atoms with Gasteiger partial charge >= 0.3 is 0 Å². The van der Waals surface area contributed by atoms with Crippen molar-refractivity contribution in [1.82, 2.24) is 0 Å². The van der Waals surface area contributed by atoms with E-state index >= 15 is 0 Å². The second kappa shape index (κ2) is 5.10. The molecule has 100 valence electrons. The van der Waals surface area contributed by atoms with E-state index in [4.69, 9.17) is 5.73 Å². The van der Waals surface area contributed by atoms with Crippen LogP contribution >= 0.6 is 11.8 Å². The Morgan fingerprint density at radius 1 is 1.44 bits per heavy atom. The van der Waals surface area contributed by atoms with Crippen LogP contribution < -0.4 is 10.6 Å². The van der Waals surface area contributed by atoms with Crippen LogP contribution in [0.3, 0.4) is 0 Å². The van der Waals surface area contributed by atoms with Gasteiger partial charge < -0.3 is 10.6 Å². The topological polar surface area (TPSA) is 29.3 Å². The molecule has 4 heteroatoms. The number of thioether (sulfide) groups is 1. The zero-order chi connectivity index (χ0) is 13.3. The van der Waals surface area contributed by atoms with Crippen LogP contribution in [-0.2, 0) is 0 Å². The van der Waals surface area contributed by atoms with Crippen molar-refractivity contribution < 1.29 is 4.39 Å². The number of benzene rings is 1. The summed E-state index contributed by atoms with van der Waals surface area (Å²) in [6.07, 6.45) is 0. The Labute approximate surface area is 113 Å². The minimum atomic E-state index is -0.279. The molecule has 0 radical (unpaired) electrons. The van der Waals surface area contributed by atoms with Gasteiger partial charge in [0.2, 0.25) is 0 Å². The summed E-state index contributed by atoms with van der Waals surface area (Å²) in [5, 5.41) is 0. The molecule has 18 heavy (non-hydrogen) atoms. The fraction of sp³-hybridized carbons (Fsp3) is 0.571. The second-order valence-electron chi connectivity index (χ2n) is 5.49. The molecule has 0 aromatic heterocycles. The van der Waals surface area contributed by atoms with E-state index in [1.807, 2.05) is 24.8 Å². The molecule has 2 nitrogen and oxygen atoms in total. The number of nitrogens with zero attached hydrogens (tertiary/aromatic N) is 1. The molecule has 0 aliphatic carbocycles. The average Bonchev–Trinajstić information content (AvgIpc) is 2.26. The number of halogens is 1. The van der Waals surface area contributed by atoms with Crippen LogP contribution in [0.1, 0.15) is 32.4 Å². The maximum absolute atomic E-state index is 13.9.